The average molecular weight is 341 g/mol. The van der Waals surface area contributed by atoms with Crippen LogP contribution >= 0.6 is 0 Å². The number of rotatable bonds is 3. The summed E-state index contributed by atoms with van der Waals surface area (Å²) in [6.07, 6.45) is 1.35. The third-order valence-corrected chi connectivity index (χ3v) is 5.18. The van der Waals surface area contributed by atoms with Crippen LogP contribution in [0.3, 0.4) is 0 Å². The number of ether oxygens (including phenoxy) is 1. The lowest BCUT2D eigenvalue weighted by Gasteiger charge is -2.39. The number of halogens is 1. The van der Waals surface area contributed by atoms with Crippen LogP contribution in [-0.2, 0) is 17.6 Å². The summed E-state index contributed by atoms with van der Waals surface area (Å²) in [5.41, 5.74) is 9.76. The number of hydrogen-bond acceptors (Lipinski definition) is 2. The van der Waals surface area contributed by atoms with Crippen molar-refractivity contribution >= 4 is 6.09 Å². The van der Waals surface area contributed by atoms with E-state index in [2.05, 4.69) is 19.9 Å². The predicted molar refractivity (Wildman–Crippen MR) is 96.7 cm³/mol. The van der Waals surface area contributed by atoms with Gasteiger partial charge in [0.2, 0.25) is 0 Å². The largest absolute Gasteiger partial charge is 0.441 e. The fourth-order valence-corrected chi connectivity index (χ4v) is 3.62. The molecule has 2 aromatic rings. The molecule has 4 heteroatoms. The van der Waals surface area contributed by atoms with Gasteiger partial charge in [0.05, 0.1) is 0 Å². The van der Waals surface area contributed by atoms with Crippen LogP contribution in [0.25, 0.3) is 11.1 Å². The Morgan fingerprint density at radius 3 is 2.56 bits per heavy atom. The predicted octanol–water partition coefficient (Wildman–Crippen LogP) is 5.16. The Balaban J connectivity index is 2.00. The number of primary amides is 1. The molecule has 1 aliphatic carbocycles. The van der Waals surface area contributed by atoms with Gasteiger partial charge in [-0.15, -0.1) is 0 Å². The zero-order valence-corrected chi connectivity index (χ0v) is 14.9. The summed E-state index contributed by atoms with van der Waals surface area (Å²) in [5.74, 6) is -0.172. The summed E-state index contributed by atoms with van der Waals surface area (Å²) in [6.45, 7) is 6.10. The van der Waals surface area contributed by atoms with Gasteiger partial charge in [-0.1, -0.05) is 51.1 Å². The zero-order chi connectivity index (χ0) is 18.2. The Hall–Kier alpha value is -2.36. The monoisotopic (exact) mass is 341 g/mol. The maximum absolute atomic E-state index is 14.1. The normalized spacial score (nSPS) is 18.5. The van der Waals surface area contributed by atoms with Crippen molar-refractivity contribution in [2.24, 2.45) is 11.1 Å². The van der Waals surface area contributed by atoms with E-state index in [0.717, 1.165) is 40.7 Å². The molecule has 25 heavy (non-hydrogen) atoms. The van der Waals surface area contributed by atoms with E-state index in [1.165, 1.54) is 0 Å². The van der Waals surface area contributed by atoms with Gasteiger partial charge in [-0.2, -0.15) is 0 Å². The molecule has 0 aliphatic heterocycles. The van der Waals surface area contributed by atoms with Crippen LogP contribution in [0.2, 0.25) is 0 Å². The number of carbonyl (C=O) groups excluding carboxylic acids is 1. The third kappa shape index (κ3) is 3.39. The summed E-state index contributed by atoms with van der Waals surface area (Å²) in [4.78, 5) is 11.3. The number of amides is 1. The van der Waals surface area contributed by atoms with Gasteiger partial charge < -0.3 is 10.5 Å². The highest BCUT2D eigenvalue weighted by molar-refractivity contribution is 5.67. The first-order chi connectivity index (χ1) is 11.8. The quantitative estimate of drug-likeness (QED) is 0.838. The Labute approximate surface area is 148 Å². The fourth-order valence-electron chi connectivity index (χ4n) is 3.62. The van der Waals surface area contributed by atoms with E-state index in [1.54, 1.807) is 6.07 Å². The lowest BCUT2D eigenvalue weighted by Crippen LogP contribution is -2.33. The molecule has 3 nitrogen and oxygen atoms in total. The van der Waals surface area contributed by atoms with Crippen LogP contribution in [0.1, 0.15) is 50.0 Å². The van der Waals surface area contributed by atoms with Gasteiger partial charge in [-0.25, -0.2) is 9.18 Å². The van der Waals surface area contributed by atoms with Crippen LogP contribution < -0.4 is 5.73 Å². The summed E-state index contributed by atoms with van der Waals surface area (Å²) in [5, 5.41) is 0. The van der Waals surface area contributed by atoms with Gasteiger partial charge in [0.25, 0.3) is 0 Å². The second-order valence-electron chi connectivity index (χ2n) is 7.38. The van der Waals surface area contributed by atoms with Crippen molar-refractivity contribution in [3.8, 4) is 11.1 Å². The smallest absolute Gasteiger partial charge is 0.405 e. The number of carbonyl (C=O) groups is 1. The van der Waals surface area contributed by atoms with Crippen LogP contribution in [-0.4, -0.2) is 6.09 Å². The third-order valence-electron chi connectivity index (χ3n) is 5.18. The standard InChI is InChI=1S/C21H24FNO2/c1-4-13-5-6-15(12-18(13)22)14-7-8-17-16(11-14)9-10-21(2,3)19(17)25-20(23)24/h5-8,11-12,19H,4,9-10H2,1-3H3,(H2,23,24)/t19-/m0/s1. The first-order valence-corrected chi connectivity index (χ1v) is 8.69. The molecule has 0 unspecified atom stereocenters. The highest BCUT2D eigenvalue weighted by Crippen LogP contribution is 2.46. The minimum Gasteiger partial charge on any atom is -0.441 e. The molecule has 0 saturated carbocycles. The van der Waals surface area contributed by atoms with E-state index < -0.39 is 6.09 Å². The van der Waals surface area contributed by atoms with Crippen molar-refractivity contribution in [1.29, 1.82) is 0 Å². The second kappa shape index (κ2) is 6.51. The lowest BCUT2D eigenvalue weighted by atomic mass is 9.71. The molecule has 0 heterocycles. The van der Waals surface area contributed by atoms with E-state index in [9.17, 15) is 9.18 Å². The van der Waals surface area contributed by atoms with Crippen LogP contribution in [0.15, 0.2) is 36.4 Å². The van der Waals surface area contributed by atoms with Gasteiger partial charge in [0.15, 0.2) is 0 Å². The number of aryl methyl sites for hydroxylation is 2. The SMILES string of the molecule is CCc1ccc(-c2ccc3c(c2)CCC(C)(C)[C@H]3OC(N)=O)cc1F. The van der Waals surface area contributed by atoms with Crippen molar-refractivity contribution in [2.75, 3.05) is 0 Å². The number of fused-ring (bicyclic) bond motifs is 1. The molecule has 1 aliphatic rings. The molecule has 1 amide bonds. The van der Waals surface area contributed by atoms with Crippen molar-refractivity contribution < 1.29 is 13.9 Å². The molecule has 1 atom stereocenters. The van der Waals surface area contributed by atoms with Crippen LogP contribution in [0, 0.1) is 11.2 Å². The highest BCUT2D eigenvalue weighted by atomic mass is 19.1. The maximum Gasteiger partial charge on any atom is 0.405 e. The van der Waals surface area contributed by atoms with Gasteiger partial charge in [0.1, 0.15) is 11.9 Å². The van der Waals surface area contributed by atoms with Gasteiger partial charge >= 0.3 is 6.09 Å². The fraction of sp³-hybridized carbons (Fsp3) is 0.381. The first kappa shape index (κ1) is 17.5. The molecule has 0 saturated heterocycles. The maximum atomic E-state index is 14.1. The van der Waals surface area contributed by atoms with E-state index in [-0.39, 0.29) is 17.3 Å². The minimum absolute atomic E-state index is 0.168. The first-order valence-electron chi connectivity index (χ1n) is 8.69. The molecule has 0 spiro atoms. The van der Waals surface area contributed by atoms with E-state index in [1.807, 2.05) is 31.2 Å². The van der Waals surface area contributed by atoms with Crippen molar-refractivity contribution in [1.82, 2.24) is 0 Å². The summed E-state index contributed by atoms with van der Waals surface area (Å²) in [7, 11) is 0. The molecule has 0 bridgehead atoms. The van der Waals surface area contributed by atoms with E-state index >= 15 is 0 Å². The molecule has 2 aromatic carbocycles. The Morgan fingerprint density at radius 1 is 1.24 bits per heavy atom. The molecular formula is C21H24FNO2. The van der Waals surface area contributed by atoms with E-state index in [0.29, 0.717) is 6.42 Å². The topological polar surface area (TPSA) is 52.3 Å². The van der Waals surface area contributed by atoms with Gasteiger partial charge in [-0.3, -0.25) is 0 Å². The van der Waals surface area contributed by atoms with Crippen molar-refractivity contribution in [3.05, 3.63) is 58.9 Å². The van der Waals surface area contributed by atoms with Gasteiger partial charge in [0, 0.05) is 5.41 Å². The lowest BCUT2D eigenvalue weighted by molar-refractivity contribution is 0.0147. The van der Waals surface area contributed by atoms with Crippen LogP contribution in [0.4, 0.5) is 9.18 Å². The van der Waals surface area contributed by atoms with E-state index in [4.69, 9.17) is 10.5 Å². The highest BCUT2D eigenvalue weighted by Gasteiger charge is 2.38. The number of hydrogen-bond donors (Lipinski definition) is 1. The Bertz CT molecular complexity index is 814. The molecule has 2 N–H and O–H groups in total. The minimum atomic E-state index is -0.757. The van der Waals surface area contributed by atoms with Crippen molar-refractivity contribution in [2.45, 2.75) is 46.1 Å². The van der Waals surface area contributed by atoms with Crippen LogP contribution in [0.5, 0.6) is 0 Å². The summed E-state index contributed by atoms with van der Waals surface area (Å²) in [6, 6.07) is 11.4. The molecule has 3 rings (SSSR count). The second-order valence-corrected chi connectivity index (χ2v) is 7.38. The number of benzene rings is 2. The van der Waals surface area contributed by atoms with Gasteiger partial charge in [-0.05, 0) is 53.1 Å². The average Bonchev–Trinajstić information content (AvgIpc) is 2.57. The number of nitrogens with two attached hydrogens (primary N) is 1. The molecular weight excluding hydrogens is 317 g/mol. The molecule has 0 aromatic heterocycles. The van der Waals surface area contributed by atoms with Crippen molar-refractivity contribution in [3.63, 3.8) is 0 Å². The Morgan fingerprint density at radius 2 is 1.92 bits per heavy atom. The summed E-state index contributed by atoms with van der Waals surface area (Å²) < 4.78 is 19.5. The molecule has 0 fully saturated rings. The molecule has 132 valence electrons. The molecule has 0 radical (unpaired) electrons. The summed E-state index contributed by atoms with van der Waals surface area (Å²) >= 11 is 0. The Kier molecular flexibility index (Phi) is 4.55. The zero-order valence-electron chi connectivity index (χ0n) is 14.9.